The van der Waals surface area contributed by atoms with Gasteiger partial charge in [0.2, 0.25) is 11.8 Å². The summed E-state index contributed by atoms with van der Waals surface area (Å²) in [4.78, 5) is 31.9. The maximum absolute atomic E-state index is 13.0. The largest absolute Gasteiger partial charge is 0.340 e. The van der Waals surface area contributed by atoms with Crippen LogP contribution in [0.3, 0.4) is 0 Å². The van der Waals surface area contributed by atoms with Crippen molar-refractivity contribution in [2.24, 2.45) is 5.92 Å². The van der Waals surface area contributed by atoms with Crippen molar-refractivity contribution < 1.29 is 9.59 Å². The van der Waals surface area contributed by atoms with E-state index < -0.39 is 0 Å². The zero-order chi connectivity index (χ0) is 18.6. The second-order valence-electron chi connectivity index (χ2n) is 8.33. The summed E-state index contributed by atoms with van der Waals surface area (Å²) < 4.78 is 0. The lowest BCUT2D eigenvalue weighted by molar-refractivity contribution is -0.137. The number of carbonyl (C=O) groups excluding carboxylic acids is 2. The first kappa shape index (κ1) is 18.5. The quantitative estimate of drug-likeness (QED) is 0.819. The Morgan fingerprint density at radius 3 is 2.37 bits per heavy atom. The molecule has 1 saturated carbocycles. The predicted octanol–water partition coefficient (Wildman–Crippen LogP) is 2.51. The third-order valence-electron chi connectivity index (χ3n) is 6.46. The average molecular weight is 370 g/mol. The van der Waals surface area contributed by atoms with Crippen LogP contribution in [0.5, 0.6) is 0 Å². The molecule has 0 aromatic heterocycles. The fourth-order valence-electron chi connectivity index (χ4n) is 4.87. The van der Waals surface area contributed by atoms with Crippen molar-refractivity contribution in [2.75, 3.05) is 32.7 Å². The van der Waals surface area contributed by atoms with Crippen LogP contribution in [0.4, 0.5) is 0 Å². The SMILES string of the molecule is O=C(C1CC(=O)N(C2CCCCC2)C1)N1CCN(Cc2ccccc2)CC1. The third-order valence-corrected chi connectivity index (χ3v) is 6.46. The maximum atomic E-state index is 13.0. The summed E-state index contributed by atoms with van der Waals surface area (Å²) in [5, 5.41) is 0. The molecule has 2 amide bonds. The molecule has 2 heterocycles. The van der Waals surface area contributed by atoms with Crippen LogP contribution >= 0.6 is 0 Å². The number of piperazine rings is 1. The summed E-state index contributed by atoms with van der Waals surface area (Å²) in [5.74, 6) is 0.268. The van der Waals surface area contributed by atoms with Gasteiger partial charge in [-0.1, -0.05) is 49.6 Å². The zero-order valence-electron chi connectivity index (χ0n) is 16.2. The van der Waals surface area contributed by atoms with E-state index >= 15 is 0 Å². The Balaban J connectivity index is 1.27. The Kier molecular flexibility index (Phi) is 5.77. The molecular formula is C22H31N3O2. The summed E-state index contributed by atoms with van der Waals surface area (Å²) in [6, 6.07) is 10.9. The van der Waals surface area contributed by atoms with Gasteiger partial charge in [-0.25, -0.2) is 0 Å². The van der Waals surface area contributed by atoms with Gasteiger partial charge in [0.25, 0.3) is 0 Å². The Bertz CT molecular complexity index is 649. The Morgan fingerprint density at radius 2 is 1.67 bits per heavy atom. The first-order valence-electron chi connectivity index (χ1n) is 10.6. The monoisotopic (exact) mass is 369 g/mol. The number of rotatable bonds is 4. The summed E-state index contributed by atoms with van der Waals surface area (Å²) >= 11 is 0. The van der Waals surface area contributed by atoms with E-state index in [1.54, 1.807) is 0 Å². The van der Waals surface area contributed by atoms with E-state index in [0.717, 1.165) is 45.6 Å². The molecule has 146 valence electrons. The number of hydrogen-bond donors (Lipinski definition) is 0. The molecule has 1 atom stereocenters. The van der Waals surface area contributed by atoms with Gasteiger partial charge in [0, 0.05) is 51.7 Å². The van der Waals surface area contributed by atoms with Gasteiger partial charge in [-0.15, -0.1) is 0 Å². The lowest BCUT2D eigenvalue weighted by Gasteiger charge is -2.36. The second kappa shape index (κ2) is 8.42. The summed E-state index contributed by atoms with van der Waals surface area (Å²) in [6.07, 6.45) is 6.37. The minimum Gasteiger partial charge on any atom is -0.340 e. The van der Waals surface area contributed by atoms with Crippen LogP contribution in [-0.4, -0.2) is 65.3 Å². The standard InChI is InChI=1S/C22H31N3O2/c26-21-15-19(17-25(21)20-9-5-2-6-10-20)22(27)24-13-11-23(12-14-24)16-18-7-3-1-4-8-18/h1,3-4,7-8,19-20H,2,5-6,9-17H2. The molecule has 0 N–H and O–H groups in total. The van der Waals surface area contributed by atoms with Crippen LogP contribution < -0.4 is 0 Å². The van der Waals surface area contributed by atoms with E-state index in [-0.39, 0.29) is 17.7 Å². The van der Waals surface area contributed by atoms with Crippen molar-refractivity contribution in [3.8, 4) is 0 Å². The number of amides is 2. The summed E-state index contributed by atoms with van der Waals surface area (Å²) in [6.45, 7) is 4.97. The normalized spacial score (nSPS) is 25.2. The van der Waals surface area contributed by atoms with Crippen LogP contribution in [0, 0.1) is 5.92 Å². The summed E-state index contributed by atoms with van der Waals surface area (Å²) in [5.41, 5.74) is 1.32. The number of likely N-dealkylation sites (tertiary alicyclic amines) is 1. The van der Waals surface area contributed by atoms with E-state index in [1.807, 2.05) is 15.9 Å². The Hall–Kier alpha value is -1.88. The van der Waals surface area contributed by atoms with Gasteiger partial charge in [-0.05, 0) is 18.4 Å². The molecule has 0 bridgehead atoms. The molecule has 2 aliphatic heterocycles. The van der Waals surface area contributed by atoms with Gasteiger partial charge in [-0.3, -0.25) is 14.5 Å². The van der Waals surface area contributed by atoms with Crippen LogP contribution in [0.25, 0.3) is 0 Å². The molecule has 3 aliphatic rings. The molecular weight excluding hydrogens is 338 g/mol. The fraction of sp³-hybridized carbons (Fsp3) is 0.636. The molecule has 1 aliphatic carbocycles. The molecule has 1 aromatic rings. The van der Waals surface area contributed by atoms with Gasteiger partial charge < -0.3 is 9.80 Å². The van der Waals surface area contributed by atoms with Crippen LogP contribution in [-0.2, 0) is 16.1 Å². The van der Waals surface area contributed by atoms with Crippen molar-refractivity contribution in [3.63, 3.8) is 0 Å². The molecule has 3 fully saturated rings. The average Bonchev–Trinajstić information content (AvgIpc) is 3.11. The van der Waals surface area contributed by atoms with Crippen molar-refractivity contribution in [1.29, 1.82) is 0 Å². The van der Waals surface area contributed by atoms with E-state index in [4.69, 9.17) is 0 Å². The van der Waals surface area contributed by atoms with Gasteiger partial charge in [0.15, 0.2) is 0 Å². The molecule has 1 unspecified atom stereocenters. The lowest BCUT2D eigenvalue weighted by atomic mass is 9.94. The first-order valence-corrected chi connectivity index (χ1v) is 10.6. The fourth-order valence-corrected chi connectivity index (χ4v) is 4.87. The molecule has 5 nitrogen and oxygen atoms in total. The molecule has 27 heavy (non-hydrogen) atoms. The molecule has 5 heteroatoms. The highest BCUT2D eigenvalue weighted by molar-refractivity contribution is 5.89. The zero-order valence-corrected chi connectivity index (χ0v) is 16.2. The van der Waals surface area contributed by atoms with Crippen molar-refractivity contribution in [3.05, 3.63) is 35.9 Å². The first-order chi connectivity index (χ1) is 13.2. The third kappa shape index (κ3) is 4.34. The summed E-state index contributed by atoms with van der Waals surface area (Å²) in [7, 11) is 0. The number of hydrogen-bond acceptors (Lipinski definition) is 3. The van der Waals surface area contributed by atoms with Gasteiger partial charge in [0.05, 0.1) is 5.92 Å². The molecule has 0 spiro atoms. The lowest BCUT2D eigenvalue weighted by Crippen LogP contribution is -2.50. The van der Waals surface area contributed by atoms with Crippen LogP contribution in [0.2, 0.25) is 0 Å². The van der Waals surface area contributed by atoms with Crippen LogP contribution in [0.15, 0.2) is 30.3 Å². The molecule has 4 rings (SSSR count). The molecule has 2 saturated heterocycles. The van der Waals surface area contributed by atoms with Crippen LogP contribution in [0.1, 0.15) is 44.1 Å². The number of benzene rings is 1. The van der Waals surface area contributed by atoms with E-state index in [1.165, 1.54) is 24.8 Å². The predicted molar refractivity (Wildman–Crippen MR) is 105 cm³/mol. The smallest absolute Gasteiger partial charge is 0.228 e. The van der Waals surface area contributed by atoms with Gasteiger partial charge in [-0.2, -0.15) is 0 Å². The van der Waals surface area contributed by atoms with Crippen molar-refractivity contribution in [2.45, 2.75) is 51.1 Å². The highest BCUT2D eigenvalue weighted by Crippen LogP contribution is 2.29. The minimum absolute atomic E-state index is 0.125. The minimum atomic E-state index is -0.125. The Morgan fingerprint density at radius 1 is 0.963 bits per heavy atom. The number of carbonyl (C=O) groups is 2. The van der Waals surface area contributed by atoms with E-state index in [0.29, 0.717) is 19.0 Å². The van der Waals surface area contributed by atoms with Gasteiger partial charge >= 0.3 is 0 Å². The van der Waals surface area contributed by atoms with Crippen molar-refractivity contribution in [1.82, 2.24) is 14.7 Å². The van der Waals surface area contributed by atoms with Crippen molar-refractivity contribution >= 4 is 11.8 Å². The molecule has 0 radical (unpaired) electrons. The number of nitrogens with zero attached hydrogens (tertiary/aromatic N) is 3. The highest BCUT2D eigenvalue weighted by Gasteiger charge is 2.40. The second-order valence-corrected chi connectivity index (χ2v) is 8.33. The highest BCUT2D eigenvalue weighted by atomic mass is 16.2. The topological polar surface area (TPSA) is 43.9 Å². The molecule has 1 aromatic carbocycles. The van der Waals surface area contributed by atoms with Gasteiger partial charge in [0.1, 0.15) is 0 Å². The maximum Gasteiger partial charge on any atom is 0.228 e. The van der Waals surface area contributed by atoms with E-state index in [2.05, 4.69) is 29.2 Å². The Labute approximate surface area is 162 Å². The van der Waals surface area contributed by atoms with E-state index in [9.17, 15) is 9.59 Å².